The third-order valence-electron chi connectivity index (χ3n) is 2.62. The summed E-state index contributed by atoms with van der Waals surface area (Å²) in [4.78, 5) is 0. The summed E-state index contributed by atoms with van der Waals surface area (Å²) in [7, 11) is 0. The highest BCUT2D eigenvalue weighted by Gasteiger charge is 2.33. The van der Waals surface area contributed by atoms with Gasteiger partial charge in [-0.1, -0.05) is 43.2 Å². The van der Waals surface area contributed by atoms with Crippen LogP contribution in [0, 0.1) is 0 Å². The van der Waals surface area contributed by atoms with Gasteiger partial charge in [-0.25, -0.2) is 0 Å². The summed E-state index contributed by atoms with van der Waals surface area (Å²) in [6.07, 6.45) is 9.19. The molecule has 0 aliphatic heterocycles. The van der Waals surface area contributed by atoms with E-state index in [2.05, 4.69) is 6.58 Å². The van der Waals surface area contributed by atoms with Crippen LogP contribution in [0.3, 0.4) is 0 Å². The van der Waals surface area contributed by atoms with Gasteiger partial charge in [-0.3, -0.25) is 0 Å². The van der Waals surface area contributed by atoms with Gasteiger partial charge in [-0.15, -0.1) is 0 Å². The van der Waals surface area contributed by atoms with Gasteiger partial charge in [0, 0.05) is 5.03 Å². The lowest BCUT2D eigenvalue weighted by Gasteiger charge is -2.23. The van der Waals surface area contributed by atoms with Crippen molar-refractivity contribution >= 4 is 11.6 Å². The van der Waals surface area contributed by atoms with Gasteiger partial charge >= 0.3 is 0 Å². The van der Waals surface area contributed by atoms with Gasteiger partial charge in [-0.05, 0) is 31.4 Å². The Kier molecular flexibility index (Phi) is 3.97. The standard InChI is InChI=1S/C12H17ClO/c1-3-6-11(9-10(2)13)12(14)7-4-5-8-12/h3,6,9,14H,1,4-5,7-8H2,2H3/b10-9+,11-6+. The zero-order valence-electron chi connectivity index (χ0n) is 8.59. The highest BCUT2D eigenvalue weighted by Crippen LogP contribution is 2.36. The van der Waals surface area contributed by atoms with E-state index >= 15 is 0 Å². The Hall–Kier alpha value is -0.530. The smallest absolute Gasteiger partial charge is 0.0897 e. The minimum Gasteiger partial charge on any atom is -0.385 e. The van der Waals surface area contributed by atoms with Crippen LogP contribution >= 0.6 is 11.6 Å². The maximum atomic E-state index is 10.3. The molecule has 1 fully saturated rings. The first-order valence-corrected chi connectivity index (χ1v) is 5.36. The zero-order chi connectivity index (χ0) is 10.6. The van der Waals surface area contributed by atoms with E-state index in [1.165, 1.54) is 0 Å². The van der Waals surface area contributed by atoms with E-state index in [9.17, 15) is 5.11 Å². The fourth-order valence-electron chi connectivity index (χ4n) is 1.93. The lowest BCUT2D eigenvalue weighted by molar-refractivity contribution is 0.0900. The minimum atomic E-state index is -0.676. The zero-order valence-corrected chi connectivity index (χ0v) is 9.35. The molecule has 1 N–H and O–H groups in total. The molecule has 0 amide bonds. The summed E-state index contributed by atoms with van der Waals surface area (Å²) in [5.74, 6) is 0. The molecule has 1 rings (SSSR count). The number of hydrogen-bond acceptors (Lipinski definition) is 1. The average molecular weight is 213 g/mol. The van der Waals surface area contributed by atoms with Crippen molar-refractivity contribution in [3.8, 4) is 0 Å². The van der Waals surface area contributed by atoms with Gasteiger partial charge in [0.15, 0.2) is 0 Å². The SMILES string of the molecule is C=C/C=C(\C=C(/C)Cl)C1(O)CCCC1. The molecule has 14 heavy (non-hydrogen) atoms. The maximum absolute atomic E-state index is 10.3. The van der Waals surface area contributed by atoms with Crippen LogP contribution in [0.2, 0.25) is 0 Å². The van der Waals surface area contributed by atoms with Gasteiger partial charge < -0.3 is 5.11 Å². The number of halogens is 1. The molecule has 0 heterocycles. The van der Waals surface area contributed by atoms with Gasteiger partial charge in [-0.2, -0.15) is 0 Å². The van der Waals surface area contributed by atoms with Crippen molar-refractivity contribution in [2.75, 3.05) is 0 Å². The summed E-state index contributed by atoms with van der Waals surface area (Å²) in [5.41, 5.74) is 0.210. The molecular weight excluding hydrogens is 196 g/mol. The Bertz CT molecular complexity index is 266. The fourth-order valence-corrected chi connectivity index (χ4v) is 2.04. The number of hydrogen-bond donors (Lipinski definition) is 1. The molecule has 0 aromatic heterocycles. The first-order chi connectivity index (χ1) is 6.58. The molecule has 0 aromatic rings. The van der Waals surface area contributed by atoms with Gasteiger partial charge in [0.1, 0.15) is 0 Å². The molecule has 0 spiro atoms. The second kappa shape index (κ2) is 4.81. The number of aliphatic hydroxyl groups is 1. The summed E-state index contributed by atoms with van der Waals surface area (Å²) >= 11 is 5.82. The monoisotopic (exact) mass is 212 g/mol. The lowest BCUT2D eigenvalue weighted by Crippen LogP contribution is -2.26. The Morgan fingerprint density at radius 3 is 2.43 bits per heavy atom. The third kappa shape index (κ3) is 2.73. The first kappa shape index (κ1) is 11.5. The Morgan fingerprint density at radius 2 is 2.00 bits per heavy atom. The van der Waals surface area contributed by atoms with Crippen LogP contribution in [0.1, 0.15) is 32.6 Å². The Morgan fingerprint density at radius 1 is 1.43 bits per heavy atom. The highest BCUT2D eigenvalue weighted by molar-refractivity contribution is 6.29. The average Bonchev–Trinajstić information content (AvgIpc) is 2.52. The van der Waals surface area contributed by atoms with Crippen molar-refractivity contribution in [3.63, 3.8) is 0 Å². The quantitative estimate of drug-likeness (QED) is 0.710. The molecule has 0 bridgehead atoms. The summed E-state index contributed by atoms with van der Waals surface area (Å²) in [6, 6.07) is 0. The predicted molar refractivity (Wildman–Crippen MR) is 61.3 cm³/mol. The van der Waals surface area contributed by atoms with Crippen LogP contribution in [0.4, 0.5) is 0 Å². The number of allylic oxidation sites excluding steroid dienone is 3. The number of rotatable bonds is 3. The van der Waals surface area contributed by atoms with Crippen molar-refractivity contribution < 1.29 is 5.11 Å². The third-order valence-corrected chi connectivity index (χ3v) is 2.73. The minimum absolute atomic E-state index is 0.676. The normalized spacial score (nSPS) is 22.5. The van der Waals surface area contributed by atoms with Gasteiger partial charge in [0.25, 0.3) is 0 Å². The molecule has 1 aliphatic carbocycles. The van der Waals surface area contributed by atoms with Crippen LogP contribution in [0.5, 0.6) is 0 Å². The van der Waals surface area contributed by atoms with Crippen LogP contribution in [-0.4, -0.2) is 10.7 Å². The lowest BCUT2D eigenvalue weighted by atomic mass is 9.91. The van der Waals surface area contributed by atoms with Crippen LogP contribution < -0.4 is 0 Å². The van der Waals surface area contributed by atoms with E-state index in [0.29, 0.717) is 5.03 Å². The Labute approximate surface area is 90.8 Å². The second-order valence-corrected chi connectivity index (χ2v) is 4.42. The Balaban J connectivity index is 2.93. The molecular formula is C12H17ClO. The van der Waals surface area contributed by atoms with E-state index in [-0.39, 0.29) is 0 Å². The second-order valence-electron chi connectivity index (χ2n) is 3.83. The predicted octanol–water partition coefficient (Wildman–Crippen LogP) is 3.55. The topological polar surface area (TPSA) is 20.2 Å². The molecule has 0 atom stereocenters. The highest BCUT2D eigenvalue weighted by atomic mass is 35.5. The molecule has 1 nitrogen and oxygen atoms in total. The summed E-state index contributed by atoms with van der Waals surface area (Å²) in [6.45, 7) is 5.47. The molecule has 0 aromatic carbocycles. The van der Waals surface area contributed by atoms with Crippen molar-refractivity contribution in [1.82, 2.24) is 0 Å². The molecule has 2 heteroatoms. The van der Waals surface area contributed by atoms with Crippen molar-refractivity contribution in [1.29, 1.82) is 0 Å². The molecule has 0 radical (unpaired) electrons. The first-order valence-electron chi connectivity index (χ1n) is 4.98. The molecule has 1 aliphatic rings. The maximum Gasteiger partial charge on any atom is 0.0897 e. The molecule has 0 unspecified atom stereocenters. The summed E-state index contributed by atoms with van der Waals surface area (Å²) < 4.78 is 0. The fraction of sp³-hybridized carbons (Fsp3) is 0.500. The summed E-state index contributed by atoms with van der Waals surface area (Å²) in [5, 5.41) is 11.0. The van der Waals surface area contributed by atoms with E-state index in [4.69, 9.17) is 11.6 Å². The van der Waals surface area contributed by atoms with Gasteiger partial charge in [0.2, 0.25) is 0 Å². The van der Waals surface area contributed by atoms with E-state index in [1.54, 1.807) is 6.08 Å². The van der Waals surface area contributed by atoms with E-state index in [1.807, 2.05) is 19.1 Å². The van der Waals surface area contributed by atoms with E-state index in [0.717, 1.165) is 31.3 Å². The van der Waals surface area contributed by atoms with Crippen molar-refractivity contribution in [2.45, 2.75) is 38.2 Å². The molecule has 0 saturated heterocycles. The largest absolute Gasteiger partial charge is 0.385 e. The van der Waals surface area contributed by atoms with Crippen molar-refractivity contribution in [2.24, 2.45) is 0 Å². The molecule has 1 saturated carbocycles. The van der Waals surface area contributed by atoms with Crippen molar-refractivity contribution in [3.05, 3.63) is 35.4 Å². The van der Waals surface area contributed by atoms with Gasteiger partial charge in [0.05, 0.1) is 5.60 Å². The van der Waals surface area contributed by atoms with Crippen LogP contribution in [-0.2, 0) is 0 Å². The van der Waals surface area contributed by atoms with Crippen LogP contribution in [0.25, 0.3) is 0 Å². The van der Waals surface area contributed by atoms with Crippen LogP contribution in [0.15, 0.2) is 35.4 Å². The molecule has 78 valence electrons. The van der Waals surface area contributed by atoms with E-state index < -0.39 is 5.60 Å².